The summed E-state index contributed by atoms with van der Waals surface area (Å²) in [7, 11) is 0. The molecule has 1 aromatic heterocycles. The summed E-state index contributed by atoms with van der Waals surface area (Å²) in [5, 5.41) is 4.25. The van der Waals surface area contributed by atoms with Gasteiger partial charge < -0.3 is 10.3 Å². The molecule has 1 aromatic carbocycles. The van der Waals surface area contributed by atoms with Gasteiger partial charge in [0.2, 0.25) is 0 Å². The molecule has 2 N–H and O–H groups in total. The zero-order chi connectivity index (χ0) is 14.0. The second kappa shape index (κ2) is 5.31. The van der Waals surface area contributed by atoms with Crippen molar-refractivity contribution in [3.8, 4) is 0 Å². The van der Waals surface area contributed by atoms with Crippen LogP contribution in [-0.2, 0) is 0 Å². The molecule has 1 heterocycles. The Labute approximate surface area is 119 Å². The van der Waals surface area contributed by atoms with Gasteiger partial charge in [0.1, 0.15) is 0 Å². The van der Waals surface area contributed by atoms with Crippen molar-refractivity contribution in [3.05, 3.63) is 36.0 Å². The highest BCUT2D eigenvalue weighted by atomic mass is 16.1. The van der Waals surface area contributed by atoms with E-state index >= 15 is 0 Å². The molecule has 1 aliphatic carbocycles. The molecule has 1 amide bonds. The first-order valence-electron chi connectivity index (χ1n) is 7.52. The molecule has 3 heteroatoms. The van der Waals surface area contributed by atoms with Gasteiger partial charge in [-0.1, -0.05) is 32.3 Å². The summed E-state index contributed by atoms with van der Waals surface area (Å²) in [5.41, 5.74) is 2.03. The molecular weight excluding hydrogens is 248 g/mol. The topological polar surface area (TPSA) is 44.9 Å². The Morgan fingerprint density at radius 2 is 2.05 bits per heavy atom. The van der Waals surface area contributed by atoms with Gasteiger partial charge in [0.15, 0.2) is 0 Å². The summed E-state index contributed by atoms with van der Waals surface area (Å²) in [6, 6.07) is 7.83. The number of fused-ring (bicyclic) bond motifs is 1. The van der Waals surface area contributed by atoms with E-state index in [1.54, 1.807) is 0 Å². The molecule has 3 rings (SSSR count). The zero-order valence-corrected chi connectivity index (χ0v) is 12.0. The van der Waals surface area contributed by atoms with E-state index in [9.17, 15) is 4.79 Å². The molecule has 3 nitrogen and oxygen atoms in total. The summed E-state index contributed by atoms with van der Waals surface area (Å²) in [6.07, 6.45) is 8.27. The van der Waals surface area contributed by atoms with Crippen LogP contribution in [0, 0.1) is 5.41 Å². The van der Waals surface area contributed by atoms with E-state index < -0.39 is 0 Å². The molecule has 1 fully saturated rings. The van der Waals surface area contributed by atoms with Crippen molar-refractivity contribution in [3.63, 3.8) is 0 Å². The van der Waals surface area contributed by atoms with Crippen molar-refractivity contribution in [2.24, 2.45) is 5.41 Å². The van der Waals surface area contributed by atoms with E-state index in [1.807, 2.05) is 30.5 Å². The summed E-state index contributed by atoms with van der Waals surface area (Å²) >= 11 is 0. The number of carbonyl (C=O) groups excluding carboxylic acids is 1. The van der Waals surface area contributed by atoms with Crippen LogP contribution in [0.5, 0.6) is 0 Å². The van der Waals surface area contributed by atoms with Crippen LogP contribution in [0.1, 0.15) is 49.4 Å². The van der Waals surface area contributed by atoms with E-state index in [-0.39, 0.29) is 11.3 Å². The van der Waals surface area contributed by atoms with Crippen molar-refractivity contribution in [2.75, 3.05) is 6.54 Å². The van der Waals surface area contributed by atoms with E-state index in [0.717, 1.165) is 23.0 Å². The van der Waals surface area contributed by atoms with Crippen LogP contribution in [0.3, 0.4) is 0 Å². The third-order valence-corrected chi connectivity index (χ3v) is 4.55. The van der Waals surface area contributed by atoms with Crippen LogP contribution < -0.4 is 5.32 Å². The van der Waals surface area contributed by atoms with Gasteiger partial charge in [-0.15, -0.1) is 0 Å². The van der Waals surface area contributed by atoms with Crippen LogP contribution in [0.2, 0.25) is 0 Å². The Hall–Kier alpha value is -1.77. The predicted octanol–water partition coefficient (Wildman–Crippen LogP) is 3.87. The fourth-order valence-corrected chi connectivity index (χ4v) is 3.17. The SMILES string of the molecule is CC1(CNC(=O)c2ccc3cc[nH]c3c2)CCCCC1. The van der Waals surface area contributed by atoms with Crippen molar-refractivity contribution in [1.82, 2.24) is 10.3 Å². The number of carbonyl (C=O) groups is 1. The van der Waals surface area contributed by atoms with Gasteiger partial charge in [0.05, 0.1) is 0 Å². The smallest absolute Gasteiger partial charge is 0.251 e. The molecule has 0 atom stereocenters. The molecular formula is C17H22N2O. The molecule has 20 heavy (non-hydrogen) atoms. The largest absolute Gasteiger partial charge is 0.361 e. The quantitative estimate of drug-likeness (QED) is 0.873. The monoisotopic (exact) mass is 270 g/mol. The lowest BCUT2D eigenvalue weighted by Gasteiger charge is -2.33. The molecule has 0 unspecified atom stereocenters. The molecule has 0 spiro atoms. The number of aromatic amines is 1. The number of nitrogens with one attached hydrogen (secondary N) is 2. The van der Waals surface area contributed by atoms with Gasteiger partial charge >= 0.3 is 0 Å². The summed E-state index contributed by atoms with van der Waals surface area (Å²) in [6.45, 7) is 3.08. The van der Waals surface area contributed by atoms with Crippen LogP contribution in [-0.4, -0.2) is 17.4 Å². The molecule has 1 aliphatic rings. The fraction of sp³-hybridized carbons (Fsp3) is 0.471. The van der Waals surface area contributed by atoms with Crippen LogP contribution in [0.25, 0.3) is 10.9 Å². The third-order valence-electron chi connectivity index (χ3n) is 4.55. The van der Waals surface area contributed by atoms with Gasteiger partial charge in [0, 0.05) is 23.8 Å². The van der Waals surface area contributed by atoms with Crippen molar-refractivity contribution < 1.29 is 4.79 Å². The molecule has 106 valence electrons. The zero-order valence-electron chi connectivity index (χ0n) is 12.0. The second-order valence-corrected chi connectivity index (χ2v) is 6.33. The molecule has 0 saturated heterocycles. The van der Waals surface area contributed by atoms with Gasteiger partial charge in [0.25, 0.3) is 5.91 Å². The fourth-order valence-electron chi connectivity index (χ4n) is 3.17. The number of aromatic nitrogens is 1. The first kappa shape index (κ1) is 13.2. The number of rotatable bonds is 3. The number of H-pyrrole nitrogens is 1. The van der Waals surface area contributed by atoms with Crippen molar-refractivity contribution in [1.29, 1.82) is 0 Å². The Morgan fingerprint density at radius 3 is 2.85 bits per heavy atom. The Bertz CT molecular complexity index is 608. The third kappa shape index (κ3) is 2.72. The lowest BCUT2D eigenvalue weighted by atomic mass is 9.76. The molecule has 0 bridgehead atoms. The summed E-state index contributed by atoms with van der Waals surface area (Å²) in [5.74, 6) is 0.0355. The van der Waals surface area contributed by atoms with Crippen LogP contribution in [0.4, 0.5) is 0 Å². The van der Waals surface area contributed by atoms with Gasteiger partial charge in [-0.25, -0.2) is 0 Å². The van der Waals surface area contributed by atoms with Gasteiger partial charge in [-0.3, -0.25) is 4.79 Å². The average Bonchev–Trinajstić information content (AvgIpc) is 2.93. The minimum atomic E-state index is 0.0355. The molecule has 1 saturated carbocycles. The highest BCUT2D eigenvalue weighted by molar-refractivity contribution is 5.97. The normalized spacial score (nSPS) is 18.1. The van der Waals surface area contributed by atoms with Crippen molar-refractivity contribution in [2.45, 2.75) is 39.0 Å². The standard InChI is InChI=1S/C17H22N2O/c1-17(8-3-2-4-9-17)12-19-16(20)14-6-5-13-7-10-18-15(13)11-14/h5-7,10-11,18H,2-4,8-9,12H2,1H3,(H,19,20). The summed E-state index contributed by atoms with van der Waals surface area (Å²) in [4.78, 5) is 15.4. The second-order valence-electron chi connectivity index (χ2n) is 6.33. The number of hydrogen-bond acceptors (Lipinski definition) is 1. The van der Waals surface area contributed by atoms with Gasteiger partial charge in [-0.05, 0) is 41.8 Å². The van der Waals surface area contributed by atoms with E-state index in [4.69, 9.17) is 0 Å². The number of benzene rings is 1. The highest BCUT2D eigenvalue weighted by Gasteiger charge is 2.27. The minimum Gasteiger partial charge on any atom is -0.361 e. The predicted molar refractivity (Wildman–Crippen MR) is 81.8 cm³/mol. The summed E-state index contributed by atoms with van der Waals surface area (Å²) < 4.78 is 0. The Morgan fingerprint density at radius 1 is 1.25 bits per heavy atom. The minimum absolute atomic E-state index is 0.0355. The highest BCUT2D eigenvalue weighted by Crippen LogP contribution is 2.34. The molecule has 0 aliphatic heterocycles. The Kier molecular flexibility index (Phi) is 3.51. The first-order valence-corrected chi connectivity index (χ1v) is 7.52. The van der Waals surface area contributed by atoms with Crippen molar-refractivity contribution >= 4 is 16.8 Å². The first-order chi connectivity index (χ1) is 9.66. The molecule has 0 radical (unpaired) electrons. The molecule has 2 aromatic rings. The maximum absolute atomic E-state index is 12.3. The lowest BCUT2D eigenvalue weighted by Crippen LogP contribution is -2.37. The Balaban J connectivity index is 1.66. The van der Waals surface area contributed by atoms with E-state index in [0.29, 0.717) is 0 Å². The maximum atomic E-state index is 12.3. The van der Waals surface area contributed by atoms with E-state index in [2.05, 4.69) is 17.2 Å². The van der Waals surface area contributed by atoms with Gasteiger partial charge in [-0.2, -0.15) is 0 Å². The number of hydrogen-bond donors (Lipinski definition) is 2. The van der Waals surface area contributed by atoms with E-state index in [1.165, 1.54) is 32.1 Å². The number of amides is 1. The maximum Gasteiger partial charge on any atom is 0.251 e. The van der Waals surface area contributed by atoms with Crippen LogP contribution in [0.15, 0.2) is 30.5 Å². The lowest BCUT2D eigenvalue weighted by molar-refractivity contribution is 0.0919. The average molecular weight is 270 g/mol. The van der Waals surface area contributed by atoms with Crippen LogP contribution >= 0.6 is 0 Å².